The lowest BCUT2D eigenvalue weighted by Gasteiger charge is -2.19. The average Bonchev–Trinajstić information content (AvgIpc) is 2.49. The number of amides is 1. The molecular weight excluding hydrogens is 303 g/mol. The molecule has 3 nitrogen and oxygen atoms in total. The van der Waals surface area contributed by atoms with Crippen LogP contribution in [0.15, 0.2) is 48.5 Å². The minimum atomic E-state index is -0.415. The van der Waals surface area contributed by atoms with Gasteiger partial charge in [-0.2, -0.15) is 0 Å². The molecule has 0 aliphatic heterocycles. The molecular formula is C20H26FN2O+. The molecule has 1 atom stereocenters. The molecule has 0 fully saturated rings. The molecule has 128 valence electrons. The van der Waals surface area contributed by atoms with Crippen molar-refractivity contribution in [3.8, 4) is 0 Å². The van der Waals surface area contributed by atoms with Crippen LogP contribution in [0.3, 0.4) is 0 Å². The maximum absolute atomic E-state index is 13.5. The average molecular weight is 329 g/mol. The van der Waals surface area contributed by atoms with E-state index in [2.05, 4.69) is 50.4 Å². The Morgan fingerprint density at radius 2 is 1.71 bits per heavy atom. The molecule has 0 spiro atoms. The molecule has 0 heterocycles. The van der Waals surface area contributed by atoms with Crippen LogP contribution in [0, 0.1) is 5.82 Å². The first-order chi connectivity index (χ1) is 11.3. The van der Waals surface area contributed by atoms with Crippen LogP contribution in [0.5, 0.6) is 0 Å². The van der Waals surface area contributed by atoms with E-state index in [4.69, 9.17) is 0 Å². The number of halogens is 1. The first-order valence-electron chi connectivity index (χ1n) is 8.21. The van der Waals surface area contributed by atoms with Crippen LogP contribution >= 0.6 is 0 Å². The van der Waals surface area contributed by atoms with Crippen molar-refractivity contribution in [2.24, 2.45) is 0 Å². The number of likely N-dealkylation sites (N-methyl/N-ethyl adjacent to an activating group) is 1. The van der Waals surface area contributed by atoms with Crippen LogP contribution in [-0.2, 0) is 16.8 Å². The van der Waals surface area contributed by atoms with Crippen LogP contribution in [0.2, 0.25) is 0 Å². The van der Waals surface area contributed by atoms with E-state index in [1.807, 2.05) is 7.05 Å². The van der Waals surface area contributed by atoms with Gasteiger partial charge in [0.1, 0.15) is 12.4 Å². The smallest absolute Gasteiger partial charge is 0.279 e. The van der Waals surface area contributed by atoms with Gasteiger partial charge in [0.05, 0.1) is 12.7 Å². The highest BCUT2D eigenvalue weighted by Crippen LogP contribution is 2.21. The third kappa shape index (κ3) is 5.17. The van der Waals surface area contributed by atoms with Crippen molar-refractivity contribution in [1.29, 1.82) is 0 Å². The Bertz CT molecular complexity index is 690. The number of anilines is 1. The zero-order valence-electron chi connectivity index (χ0n) is 14.8. The molecule has 1 unspecified atom stereocenters. The highest BCUT2D eigenvalue weighted by Gasteiger charge is 2.15. The Balaban J connectivity index is 1.90. The van der Waals surface area contributed by atoms with Crippen LogP contribution in [0.25, 0.3) is 0 Å². The van der Waals surface area contributed by atoms with Crippen molar-refractivity contribution < 1.29 is 14.1 Å². The van der Waals surface area contributed by atoms with Crippen molar-refractivity contribution in [3.05, 3.63) is 65.5 Å². The minimum Gasteiger partial charge on any atom is -0.326 e. The summed E-state index contributed by atoms with van der Waals surface area (Å²) in [5.74, 6) is -0.606. The summed E-state index contributed by atoms with van der Waals surface area (Å²) in [5.41, 5.74) is 2.84. The van der Waals surface area contributed by atoms with E-state index in [0.717, 1.165) is 11.4 Å². The van der Waals surface area contributed by atoms with E-state index in [1.165, 1.54) is 17.2 Å². The van der Waals surface area contributed by atoms with Gasteiger partial charge in [-0.1, -0.05) is 57.2 Å². The number of hydrogen-bond acceptors (Lipinski definition) is 1. The Morgan fingerprint density at radius 1 is 1.08 bits per heavy atom. The number of benzene rings is 2. The van der Waals surface area contributed by atoms with Crippen LogP contribution < -0.4 is 10.2 Å². The predicted octanol–water partition coefficient (Wildman–Crippen LogP) is 2.78. The van der Waals surface area contributed by atoms with Crippen molar-refractivity contribution in [2.45, 2.75) is 32.7 Å². The number of carbonyl (C=O) groups excluding carboxylic acids is 1. The Hall–Kier alpha value is -2.20. The molecule has 2 aromatic carbocycles. The van der Waals surface area contributed by atoms with Crippen molar-refractivity contribution in [2.75, 3.05) is 18.9 Å². The van der Waals surface area contributed by atoms with E-state index in [1.54, 1.807) is 18.2 Å². The Labute approximate surface area is 143 Å². The molecule has 0 saturated heterocycles. The number of nitrogens with one attached hydrogen (secondary N) is 2. The summed E-state index contributed by atoms with van der Waals surface area (Å²) in [6.45, 7) is 7.59. The summed E-state index contributed by atoms with van der Waals surface area (Å²) >= 11 is 0. The molecule has 0 aliphatic rings. The predicted molar refractivity (Wildman–Crippen MR) is 95.6 cm³/mol. The van der Waals surface area contributed by atoms with E-state index in [-0.39, 0.29) is 23.6 Å². The fourth-order valence-corrected chi connectivity index (χ4v) is 2.56. The fourth-order valence-electron chi connectivity index (χ4n) is 2.56. The summed E-state index contributed by atoms with van der Waals surface area (Å²) in [6, 6.07) is 14.7. The number of para-hydroxylation sites is 1. The minimum absolute atomic E-state index is 0.136. The Kier molecular flexibility index (Phi) is 5.73. The van der Waals surface area contributed by atoms with Gasteiger partial charge < -0.3 is 10.2 Å². The van der Waals surface area contributed by atoms with Gasteiger partial charge in [0.2, 0.25) is 0 Å². The van der Waals surface area contributed by atoms with Crippen molar-refractivity contribution in [1.82, 2.24) is 0 Å². The molecule has 0 aliphatic carbocycles. The van der Waals surface area contributed by atoms with Gasteiger partial charge in [0, 0.05) is 5.56 Å². The zero-order valence-corrected chi connectivity index (χ0v) is 14.8. The molecule has 2 N–H and O–H groups in total. The quantitative estimate of drug-likeness (QED) is 0.869. The molecule has 2 aromatic rings. The second-order valence-electron chi connectivity index (χ2n) is 7.29. The highest BCUT2D eigenvalue weighted by atomic mass is 19.1. The SMILES string of the molecule is C[NH+](CC(=O)Nc1ccccc1F)Cc1ccc(C(C)(C)C)cc1. The number of hydrogen-bond donors (Lipinski definition) is 2. The first kappa shape index (κ1) is 18.1. The van der Waals surface area contributed by atoms with Gasteiger partial charge in [-0.05, 0) is 23.1 Å². The third-order valence-electron chi connectivity index (χ3n) is 3.94. The van der Waals surface area contributed by atoms with E-state index >= 15 is 0 Å². The van der Waals surface area contributed by atoms with E-state index < -0.39 is 5.82 Å². The van der Waals surface area contributed by atoms with Gasteiger partial charge in [-0.15, -0.1) is 0 Å². The molecule has 2 rings (SSSR count). The first-order valence-corrected chi connectivity index (χ1v) is 8.21. The maximum atomic E-state index is 13.5. The van der Waals surface area contributed by atoms with E-state index in [0.29, 0.717) is 0 Å². The summed E-state index contributed by atoms with van der Waals surface area (Å²) < 4.78 is 13.5. The normalized spacial score (nSPS) is 12.7. The van der Waals surface area contributed by atoms with Gasteiger partial charge in [-0.25, -0.2) is 4.39 Å². The maximum Gasteiger partial charge on any atom is 0.279 e. The highest BCUT2D eigenvalue weighted by molar-refractivity contribution is 5.91. The van der Waals surface area contributed by atoms with Gasteiger partial charge >= 0.3 is 0 Å². The zero-order chi connectivity index (χ0) is 17.7. The lowest BCUT2D eigenvalue weighted by Crippen LogP contribution is -3.08. The molecule has 0 bridgehead atoms. The van der Waals surface area contributed by atoms with Gasteiger partial charge in [0.25, 0.3) is 5.91 Å². The standard InChI is InChI=1S/C20H25FN2O/c1-20(2,3)16-11-9-15(10-12-16)13-23(4)14-19(24)22-18-8-6-5-7-17(18)21/h5-12H,13-14H2,1-4H3,(H,22,24)/p+1. The molecule has 24 heavy (non-hydrogen) atoms. The largest absolute Gasteiger partial charge is 0.326 e. The number of quaternary nitrogens is 1. The Morgan fingerprint density at radius 3 is 2.29 bits per heavy atom. The second-order valence-corrected chi connectivity index (χ2v) is 7.29. The number of rotatable bonds is 5. The lowest BCUT2D eigenvalue weighted by molar-refractivity contribution is -0.885. The molecule has 4 heteroatoms. The molecule has 0 radical (unpaired) electrons. The monoisotopic (exact) mass is 329 g/mol. The second kappa shape index (κ2) is 7.58. The van der Waals surface area contributed by atoms with Crippen LogP contribution in [0.4, 0.5) is 10.1 Å². The van der Waals surface area contributed by atoms with Crippen molar-refractivity contribution >= 4 is 11.6 Å². The fraction of sp³-hybridized carbons (Fsp3) is 0.350. The summed E-state index contributed by atoms with van der Waals surface area (Å²) in [5, 5.41) is 2.62. The summed E-state index contributed by atoms with van der Waals surface area (Å²) in [7, 11) is 1.96. The summed E-state index contributed by atoms with van der Waals surface area (Å²) in [4.78, 5) is 13.1. The van der Waals surface area contributed by atoms with Gasteiger partial charge in [0.15, 0.2) is 6.54 Å². The van der Waals surface area contributed by atoms with Crippen LogP contribution in [-0.4, -0.2) is 19.5 Å². The molecule has 1 amide bonds. The van der Waals surface area contributed by atoms with Crippen LogP contribution in [0.1, 0.15) is 31.9 Å². The summed E-state index contributed by atoms with van der Waals surface area (Å²) in [6.07, 6.45) is 0. The van der Waals surface area contributed by atoms with Gasteiger partial charge in [-0.3, -0.25) is 4.79 Å². The third-order valence-corrected chi connectivity index (χ3v) is 3.94. The topological polar surface area (TPSA) is 33.5 Å². The van der Waals surface area contributed by atoms with E-state index in [9.17, 15) is 9.18 Å². The van der Waals surface area contributed by atoms with Crippen molar-refractivity contribution in [3.63, 3.8) is 0 Å². The number of carbonyl (C=O) groups is 1. The molecule has 0 saturated carbocycles. The molecule has 0 aromatic heterocycles. The lowest BCUT2D eigenvalue weighted by atomic mass is 9.87.